The molecule has 6 nitrogen and oxygen atoms in total. The van der Waals surface area contributed by atoms with Gasteiger partial charge in [-0.15, -0.1) is 0 Å². The molecule has 0 radical (unpaired) electrons. The third-order valence-electron chi connectivity index (χ3n) is 5.87. The Balaban J connectivity index is 1.77. The number of aliphatic hydroxyl groups excluding tert-OH is 1. The quantitative estimate of drug-likeness (QED) is 0.300. The number of hydrogen-bond acceptors (Lipinski definition) is 5. The Hall–Kier alpha value is -4.06. The smallest absolute Gasteiger partial charge is 0.295 e. The number of ketones is 1. The third kappa shape index (κ3) is 4.66. The molecule has 3 aromatic carbocycles. The number of amides is 1. The molecule has 1 fully saturated rings. The van der Waals surface area contributed by atoms with Gasteiger partial charge in [0, 0.05) is 12.1 Å². The average Bonchev–Trinajstić information content (AvgIpc) is 3.13. The number of hydrogen-bond donors (Lipinski definition) is 1. The second-order valence-electron chi connectivity index (χ2n) is 7.96. The number of Topliss-reactive ketones (excluding diaryl/α,β-unsaturated/α-hetero) is 1. The predicted octanol–water partition coefficient (Wildman–Crippen LogP) is 4.76. The van der Waals surface area contributed by atoms with E-state index in [2.05, 4.69) is 0 Å². The van der Waals surface area contributed by atoms with Gasteiger partial charge in [-0.1, -0.05) is 54.6 Å². The molecule has 3 aromatic rings. The number of likely N-dealkylation sites (tertiary alicyclic amines) is 1. The molecule has 4 rings (SSSR count). The fourth-order valence-corrected chi connectivity index (χ4v) is 4.19. The van der Waals surface area contributed by atoms with Crippen LogP contribution in [0.1, 0.15) is 29.7 Å². The molecule has 0 bridgehead atoms. The van der Waals surface area contributed by atoms with E-state index in [9.17, 15) is 14.7 Å². The first-order valence-electron chi connectivity index (χ1n) is 11.2. The standard InChI is InChI=1S/C28H27NO5/c1-3-34-22-14-12-20(13-15-22)25-24(26(30)21-10-7-11-23(18-21)33-2)27(31)28(32)29(25)17-16-19-8-5-4-6-9-19/h4-15,18,25,30H,3,16-17H2,1-2H3/b26-24+. The fraction of sp³-hybridized carbons (Fsp3) is 0.214. The van der Waals surface area contributed by atoms with E-state index in [0.717, 1.165) is 11.1 Å². The van der Waals surface area contributed by atoms with Crippen LogP contribution in [0.25, 0.3) is 5.76 Å². The molecule has 174 valence electrons. The lowest BCUT2D eigenvalue weighted by Gasteiger charge is -2.25. The first-order chi connectivity index (χ1) is 16.5. The number of carbonyl (C=O) groups is 2. The molecule has 1 heterocycles. The van der Waals surface area contributed by atoms with Gasteiger partial charge in [0.2, 0.25) is 0 Å². The summed E-state index contributed by atoms with van der Waals surface area (Å²) >= 11 is 0. The highest BCUT2D eigenvalue weighted by atomic mass is 16.5. The van der Waals surface area contributed by atoms with Gasteiger partial charge in [0.15, 0.2) is 0 Å². The summed E-state index contributed by atoms with van der Waals surface area (Å²) in [6.07, 6.45) is 0.584. The second kappa shape index (κ2) is 10.3. The maximum Gasteiger partial charge on any atom is 0.295 e. The van der Waals surface area contributed by atoms with Crippen molar-refractivity contribution >= 4 is 17.4 Å². The average molecular weight is 458 g/mol. The van der Waals surface area contributed by atoms with Crippen molar-refractivity contribution in [2.75, 3.05) is 20.3 Å². The van der Waals surface area contributed by atoms with Gasteiger partial charge in [-0.2, -0.15) is 0 Å². The first-order valence-corrected chi connectivity index (χ1v) is 11.2. The Kier molecular flexibility index (Phi) is 6.97. The van der Waals surface area contributed by atoms with Crippen LogP contribution >= 0.6 is 0 Å². The van der Waals surface area contributed by atoms with Crippen LogP contribution in [0.2, 0.25) is 0 Å². The van der Waals surface area contributed by atoms with E-state index in [1.54, 1.807) is 24.3 Å². The largest absolute Gasteiger partial charge is 0.507 e. The van der Waals surface area contributed by atoms with Gasteiger partial charge in [-0.25, -0.2) is 0 Å². The second-order valence-corrected chi connectivity index (χ2v) is 7.96. The number of ether oxygens (including phenoxy) is 2. The summed E-state index contributed by atoms with van der Waals surface area (Å²) in [5, 5.41) is 11.2. The number of nitrogens with zero attached hydrogens (tertiary/aromatic N) is 1. The van der Waals surface area contributed by atoms with Crippen LogP contribution in [0.5, 0.6) is 11.5 Å². The molecule has 0 saturated carbocycles. The highest BCUT2D eigenvalue weighted by molar-refractivity contribution is 6.46. The molecule has 1 aliphatic heterocycles. The Bertz CT molecular complexity index is 1200. The summed E-state index contributed by atoms with van der Waals surface area (Å²) in [7, 11) is 1.53. The van der Waals surface area contributed by atoms with Crippen molar-refractivity contribution in [3.05, 3.63) is 101 Å². The maximum atomic E-state index is 13.2. The highest BCUT2D eigenvalue weighted by Gasteiger charge is 2.45. The molecular formula is C28H27NO5. The van der Waals surface area contributed by atoms with Gasteiger partial charge >= 0.3 is 0 Å². The number of rotatable bonds is 8. The van der Waals surface area contributed by atoms with Crippen LogP contribution in [0.4, 0.5) is 0 Å². The van der Waals surface area contributed by atoms with E-state index < -0.39 is 17.7 Å². The Morgan fingerprint density at radius 2 is 1.68 bits per heavy atom. The summed E-state index contributed by atoms with van der Waals surface area (Å²) in [5.74, 6) is -0.315. The number of methoxy groups -OCH3 is 1. The van der Waals surface area contributed by atoms with Crippen molar-refractivity contribution in [3.63, 3.8) is 0 Å². The first kappa shape index (κ1) is 23.1. The molecule has 1 N–H and O–H groups in total. The van der Waals surface area contributed by atoms with Crippen molar-refractivity contribution < 1.29 is 24.2 Å². The summed E-state index contributed by atoms with van der Waals surface area (Å²) in [6.45, 7) is 2.77. The molecule has 1 aliphatic rings. The van der Waals surface area contributed by atoms with Crippen molar-refractivity contribution in [1.29, 1.82) is 0 Å². The summed E-state index contributed by atoms with van der Waals surface area (Å²) in [4.78, 5) is 27.9. The van der Waals surface area contributed by atoms with Gasteiger partial charge in [0.1, 0.15) is 17.3 Å². The van der Waals surface area contributed by atoms with Gasteiger partial charge in [0.05, 0.1) is 25.3 Å². The lowest BCUT2D eigenvalue weighted by atomic mass is 9.95. The van der Waals surface area contributed by atoms with Gasteiger partial charge in [-0.3, -0.25) is 9.59 Å². The van der Waals surface area contributed by atoms with Gasteiger partial charge < -0.3 is 19.5 Å². The molecule has 1 unspecified atom stereocenters. The van der Waals surface area contributed by atoms with Crippen LogP contribution in [0.15, 0.2) is 84.4 Å². The monoisotopic (exact) mass is 457 g/mol. The summed E-state index contributed by atoms with van der Waals surface area (Å²) < 4.78 is 10.8. The van der Waals surface area contributed by atoms with E-state index in [4.69, 9.17) is 9.47 Å². The van der Waals surface area contributed by atoms with E-state index >= 15 is 0 Å². The molecule has 6 heteroatoms. The summed E-state index contributed by atoms with van der Waals surface area (Å²) in [5.41, 5.74) is 2.26. The Morgan fingerprint density at radius 3 is 2.35 bits per heavy atom. The predicted molar refractivity (Wildman–Crippen MR) is 130 cm³/mol. The molecule has 1 atom stereocenters. The zero-order valence-corrected chi connectivity index (χ0v) is 19.2. The minimum Gasteiger partial charge on any atom is -0.507 e. The SMILES string of the molecule is CCOc1ccc(C2/C(=C(\O)c3cccc(OC)c3)C(=O)C(=O)N2CCc2ccccc2)cc1. The van der Waals surface area contributed by atoms with E-state index in [0.29, 0.717) is 36.6 Å². The molecule has 34 heavy (non-hydrogen) atoms. The third-order valence-corrected chi connectivity index (χ3v) is 5.87. The van der Waals surface area contributed by atoms with Crippen LogP contribution < -0.4 is 9.47 Å². The maximum absolute atomic E-state index is 13.2. The van der Waals surface area contributed by atoms with E-state index in [1.807, 2.05) is 61.5 Å². The number of benzene rings is 3. The van der Waals surface area contributed by atoms with E-state index in [-0.39, 0.29) is 11.3 Å². The molecule has 0 aliphatic carbocycles. The van der Waals surface area contributed by atoms with Crippen LogP contribution in [-0.4, -0.2) is 42.0 Å². The molecule has 0 spiro atoms. The number of carbonyl (C=O) groups excluding carboxylic acids is 2. The zero-order valence-electron chi connectivity index (χ0n) is 19.2. The van der Waals surface area contributed by atoms with Crippen molar-refractivity contribution in [1.82, 2.24) is 4.90 Å². The van der Waals surface area contributed by atoms with Crippen molar-refractivity contribution in [3.8, 4) is 11.5 Å². The highest BCUT2D eigenvalue weighted by Crippen LogP contribution is 2.40. The summed E-state index contributed by atoms with van der Waals surface area (Å²) in [6, 6.07) is 23.1. The van der Waals surface area contributed by atoms with Crippen LogP contribution in [-0.2, 0) is 16.0 Å². The minimum absolute atomic E-state index is 0.0653. The van der Waals surface area contributed by atoms with E-state index in [1.165, 1.54) is 12.0 Å². The molecule has 1 saturated heterocycles. The van der Waals surface area contributed by atoms with Gasteiger partial charge in [-0.05, 0) is 48.7 Å². The molecular weight excluding hydrogens is 430 g/mol. The molecule has 1 amide bonds. The lowest BCUT2D eigenvalue weighted by Crippen LogP contribution is -2.31. The minimum atomic E-state index is -0.717. The fourth-order valence-electron chi connectivity index (χ4n) is 4.19. The van der Waals surface area contributed by atoms with Crippen molar-refractivity contribution in [2.24, 2.45) is 0 Å². The zero-order chi connectivity index (χ0) is 24.1. The Morgan fingerprint density at radius 1 is 0.941 bits per heavy atom. The van der Waals surface area contributed by atoms with Crippen LogP contribution in [0.3, 0.4) is 0 Å². The Labute approximate surface area is 199 Å². The van der Waals surface area contributed by atoms with Gasteiger partial charge in [0.25, 0.3) is 11.7 Å². The number of aliphatic hydroxyl groups is 1. The normalized spacial score (nSPS) is 17.1. The topological polar surface area (TPSA) is 76.1 Å². The van der Waals surface area contributed by atoms with Crippen molar-refractivity contribution in [2.45, 2.75) is 19.4 Å². The van der Waals surface area contributed by atoms with Crippen LogP contribution in [0, 0.1) is 0 Å². The lowest BCUT2D eigenvalue weighted by molar-refractivity contribution is -0.139. The molecule has 0 aromatic heterocycles.